The largest absolute Gasteiger partial charge is 0.294 e. The lowest BCUT2D eigenvalue weighted by molar-refractivity contribution is -0.124. The molecule has 0 aliphatic heterocycles. The standard InChI is InChI=1S/C22H23N3O3S2/c26-21(17-10-4-1-5-11-17)24-30(27,28)22-23-20(16-29-22)25(18-12-6-2-7-13-18)19-14-8-3-9-15-19/h2-3,6-9,12-17H,1,4-5,10-11H2,(H,24,26). The molecule has 2 aromatic carbocycles. The number of para-hydroxylation sites is 2. The summed E-state index contributed by atoms with van der Waals surface area (Å²) in [6.45, 7) is 0. The molecule has 1 N–H and O–H groups in total. The maximum atomic E-state index is 12.8. The zero-order valence-corrected chi connectivity index (χ0v) is 18.0. The Balaban J connectivity index is 1.61. The summed E-state index contributed by atoms with van der Waals surface area (Å²) in [4.78, 5) is 18.7. The van der Waals surface area contributed by atoms with Crippen LogP contribution in [0.25, 0.3) is 0 Å². The molecular formula is C22H23N3O3S2. The molecule has 1 aliphatic carbocycles. The maximum absolute atomic E-state index is 12.8. The molecule has 4 rings (SSSR count). The van der Waals surface area contributed by atoms with Crippen LogP contribution in [0.1, 0.15) is 32.1 Å². The summed E-state index contributed by atoms with van der Waals surface area (Å²) in [5.41, 5.74) is 1.73. The van der Waals surface area contributed by atoms with Crippen molar-refractivity contribution in [3.63, 3.8) is 0 Å². The Morgan fingerprint density at radius 2 is 1.50 bits per heavy atom. The smallest absolute Gasteiger partial charge is 0.291 e. The predicted octanol–water partition coefficient (Wildman–Crippen LogP) is 5.00. The van der Waals surface area contributed by atoms with Crippen molar-refractivity contribution in [1.82, 2.24) is 9.71 Å². The van der Waals surface area contributed by atoms with Crippen LogP contribution in [0.3, 0.4) is 0 Å². The fourth-order valence-electron chi connectivity index (χ4n) is 3.67. The molecule has 156 valence electrons. The van der Waals surface area contributed by atoms with Gasteiger partial charge < -0.3 is 0 Å². The van der Waals surface area contributed by atoms with Gasteiger partial charge in [0.15, 0.2) is 0 Å². The average molecular weight is 442 g/mol. The van der Waals surface area contributed by atoms with E-state index >= 15 is 0 Å². The zero-order valence-electron chi connectivity index (χ0n) is 16.4. The number of anilines is 3. The lowest BCUT2D eigenvalue weighted by Gasteiger charge is -2.22. The summed E-state index contributed by atoms with van der Waals surface area (Å²) < 4.78 is 27.7. The van der Waals surface area contributed by atoms with E-state index < -0.39 is 15.9 Å². The number of sulfonamides is 1. The minimum atomic E-state index is -4.00. The van der Waals surface area contributed by atoms with Crippen molar-refractivity contribution in [2.24, 2.45) is 5.92 Å². The van der Waals surface area contributed by atoms with Gasteiger partial charge in [0.1, 0.15) is 5.82 Å². The average Bonchev–Trinajstić information content (AvgIpc) is 3.27. The maximum Gasteiger partial charge on any atom is 0.291 e. The van der Waals surface area contributed by atoms with Gasteiger partial charge in [-0.25, -0.2) is 9.71 Å². The van der Waals surface area contributed by atoms with Crippen molar-refractivity contribution < 1.29 is 13.2 Å². The molecule has 3 aromatic rings. The third-order valence-corrected chi connectivity index (χ3v) is 7.76. The summed E-state index contributed by atoms with van der Waals surface area (Å²) in [7, 11) is -4.00. The number of carbonyl (C=O) groups is 1. The monoisotopic (exact) mass is 441 g/mol. The van der Waals surface area contributed by atoms with Gasteiger partial charge in [0, 0.05) is 22.7 Å². The molecule has 0 unspecified atom stereocenters. The first-order chi connectivity index (χ1) is 14.5. The van der Waals surface area contributed by atoms with E-state index in [1.54, 1.807) is 5.38 Å². The lowest BCUT2D eigenvalue weighted by Crippen LogP contribution is -2.36. The van der Waals surface area contributed by atoms with Gasteiger partial charge in [0.05, 0.1) is 0 Å². The van der Waals surface area contributed by atoms with Crippen LogP contribution in [0.15, 0.2) is 70.4 Å². The minimum Gasteiger partial charge on any atom is -0.294 e. The van der Waals surface area contributed by atoms with Crippen molar-refractivity contribution in [2.75, 3.05) is 4.90 Å². The number of hydrogen-bond donors (Lipinski definition) is 1. The molecule has 1 amide bonds. The van der Waals surface area contributed by atoms with E-state index in [0.29, 0.717) is 5.82 Å². The Labute approximate surface area is 180 Å². The fourth-order valence-corrected chi connectivity index (χ4v) is 5.69. The van der Waals surface area contributed by atoms with Crippen LogP contribution < -0.4 is 9.62 Å². The van der Waals surface area contributed by atoms with Crippen LogP contribution >= 0.6 is 11.3 Å². The second-order valence-electron chi connectivity index (χ2n) is 7.28. The van der Waals surface area contributed by atoms with Crippen molar-refractivity contribution in [1.29, 1.82) is 0 Å². The molecule has 1 heterocycles. The molecule has 0 radical (unpaired) electrons. The van der Waals surface area contributed by atoms with E-state index in [0.717, 1.165) is 54.8 Å². The summed E-state index contributed by atoms with van der Waals surface area (Å²) >= 11 is 1.01. The molecule has 0 saturated heterocycles. The Morgan fingerprint density at radius 1 is 0.933 bits per heavy atom. The molecule has 0 spiro atoms. The summed E-state index contributed by atoms with van der Waals surface area (Å²) in [5.74, 6) is -0.171. The highest BCUT2D eigenvalue weighted by molar-refractivity contribution is 7.92. The first-order valence-electron chi connectivity index (χ1n) is 9.97. The Kier molecular flexibility index (Phi) is 6.15. The highest BCUT2D eigenvalue weighted by Crippen LogP contribution is 2.35. The number of carbonyl (C=O) groups excluding carboxylic acids is 1. The number of rotatable bonds is 6. The number of nitrogens with zero attached hydrogens (tertiary/aromatic N) is 2. The van der Waals surface area contributed by atoms with Crippen LogP contribution in [0.5, 0.6) is 0 Å². The van der Waals surface area contributed by atoms with Gasteiger partial charge in [-0.05, 0) is 37.1 Å². The molecule has 1 fully saturated rings. The number of nitrogens with one attached hydrogen (secondary N) is 1. The minimum absolute atomic E-state index is 0.112. The summed E-state index contributed by atoms with van der Waals surface area (Å²) in [6, 6.07) is 19.3. The Morgan fingerprint density at radius 3 is 2.07 bits per heavy atom. The van der Waals surface area contributed by atoms with Crippen molar-refractivity contribution in [2.45, 2.75) is 36.4 Å². The van der Waals surface area contributed by atoms with E-state index in [1.165, 1.54) is 0 Å². The topological polar surface area (TPSA) is 79.4 Å². The van der Waals surface area contributed by atoms with Gasteiger partial charge in [-0.3, -0.25) is 9.69 Å². The lowest BCUT2D eigenvalue weighted by atomic mass is 9.89. The predicted molar refractivity (Wildman–Crippen MR) is 119 cm³/mol. The second-order valence-corrected chi connectivity index (χ2v) is 10.00. The number of benzene rings is 2. The van der Waals surface area contributed by atoms with Crippen LogP contribution in [0.2, 0.25) is 0 Å². The zero-order chi connectivity index (χ0) is 21.0. The molecule has 0 atom stereocenters. The molecule has 8 heteroatoms. The van der Waals surface area contributed by atoms with Gasteiger partial charge in [0.2, 0.25) is 10.2 Å². The van der Waals surface area contributed by atoms with Crippen LogP contribution in [-0.4, -0.2) is 19.3 Å². The molecule has 6 nitrogen and oxygen atoms in total. The van der Waals surface area contributed by atoms with Crippen LogP contribution in [0, 0.1) is 5.92 Å². The Bertz CT molecular complexity index is 1050. The van der Waals surface area contributed by atoms with Crippen molar-refractivity contribution in [3.05, 3.63) is 66.0 Å². The first kappa shape index (κ1) is 20.6. The van der Waals surface area contributed by atoms with Crippen molar-refractivity contribution >= 4 is 44.5 Å². The molecule has 0 bridgehead atoms. The molecular weight excluding hydrogens is 418 g/mol. The van der Waals surface area contributed by atoms with E-state index in [2.05, 4.69) is 9.71 Å². The van der Waals surface area contributed by atoms with E-state index in [9.17, 15) is 13.2 Å². The third-order valence-electron chi connectivity index (χ3n) is 5.17. The number of hydrogen-bond acceptors (Lipinski definition) is 6. The third kappa shape index (κ3) is 4.55. The quantitative estimate of drug-likeness (QED) is 0.582. The Hall–Kier alpha value is -2.71. The van der Waals surface area contributed by atoms with Gasteiger partial charge in [-0.15, -0.1) is 11.3 Å². The van der Waals surface area contributed by atoms with Gasteiger partial charge in [0.25, 0.3) is 10.0 Å². The molecule has 1 aromatic heterocycles. The molecule has 1 aliphatic rings. The van der Waals surface area contributed by atoms with E-state index in [1.807, 2.05) is 65.6 Å². The van der Waals surface area contributed by atoms with Crippen molar-refractivity contribution in [3.8, 4) is 0 Å². The number of thiazole rings is 1. The summed E-state index contributed by atoms with van der Waals surface area (Å²) in [5, 5.41) is 1.69. The van der Waals surface area contributed by atoms with Crippen LogP contribution in [-0.2, 0) is 14.8 Å². The SMILES string of the molecule is O=C(NS(=O)(=O)c1nc(N(c2ccccc2)c2ccccc2)cs1)C1CCCCC1. The normalized spacial score (nSPS) is 14.9. The molecule has 30 heavy (non-hydrogen) atoms. The highest BCUT2D eigenvalue weighted by Gasteiger charge is 2.28. The molecule has 1 saturated carbocycles. The van der Waals surface area contributed by atoms with E-state index in [4.69, 9.17) is 0 Å². The van der Waals surface area contributed by atoms with Gasteiger partial charge in [-0.2, -0.15) is 8.42 Å². The number of amides is 1. The van der Waals surface area contributed by atoms with Gasteiger partial charge >= 0.3 is 0 Å². The van der Waals surface area contributed by atoms with E-state index in [-0.39, 0.29) is 10.3 Å². The van der Waals surface area contributed by atoms with Crippen LogP contribution in [0.4, 0.5) is 17.2 Å². The first-order valence-corrected chi connectivity index (χ1v) is 12.3. The summed E-state index contributed by atoms with van der Waals surface area (Å²) in [6.07, 6.45) is 4.49. The fraction of sp³-hybridized carbons (Fsp3) is 0.273. The number of aromatic nitrogens is 1. The highest BCUT2D eigenvalue weighted by atomic mass is 32.2. The van der Waals surface area contributed by atoms with Gasteiger partial charge in [-0.1, -0.05) is 55.7 Å². The second kappa shape index (κ2) is 8.97.